The number of Topliss-reactive ketones (excluding diaryl/α,β-unsaturated/α-hetero) is 1. The van der Waals surface area contributed by atoms with E-state index in [1.807, 2.05) is 32.0 Å². The summed E-state index contributed by atoms with van der Waals surface area (Å²) in [7, 11) is 0. The Bertz CT molecular complexity index is 642. The smallest absolute Gasteiger partial charge is 0.157 e. The van der Waals surface area contributed by atoms with Crippen molar-refractivity contribution in [3.05, 3.63) is 71.8 Å². The highest BCUT2D eigenvalue weighted by molar-refractivity contribution is 5.87. The fraction of sp³-hybridized carbons (Fsp3) is 0.409. The van der Waals surface area contributed by atoms with Gasteiger partial charge < -0.3 is 0 Å². The monoisotopic (exact) mass is 321 g/mol. The highest BCUT2D eigenvalue weighted by Gasteiger charge is 2.32. The maximum atomic E-state index is 12.9. The van der Waals surface area contributed by atoms with Gasteiger partial charge in [0.1, 0.15) is 0 Å². The summed E-state index contributed by atoms with van der Waals surface area (Å²) in [5, 5.41) is 0. The van der Waals surface area contributed by atoms with Crippen LogP contribution in [0.3, 0.4) is 0 Å². The van der Waals surface area contributed by atoms with E-state index in [1.54, 1.807) is 0 Å². The largest absolute Gasteiger partial charge is 0.297 e. The van der Waals surface area contributed by atoms with Crippen LogP contribution in [0, 0.1) is 5.92 Å². The lowest BCUT2D eigenvalue weighted by atomic mass is 9.86. The Hall–Kier alpha value is -1.93. The van der Waals surface area contributed by atoms with Gasteiger partial charge in [-0.1, -0.05) is 74.5 Å². The van der Waals surface area contributed by atoms with Gasteiger partial charge in [0.25, 0.3) is 0 Å². The summed E-state index contributed by atoms with van der Waals surface area (Å²) in [6.07, 6.45) is 2.25. The van der Waals surface area contributed by atoms with Gasteiger partial charge in [-0.25, -0.2) is 0 Å². The van der Waals surface area contributed by atoms with Crippen LogP contribution in [0.4, 0.5) is 0 Å². The molecule has 0 aromatic heterocycles. The third-order valence-electron chi connectivity index (χ3n) is 5.12. The van der Waals surface area contributed by atoms with Crippen LogP contribution in [0.15, 0.2) is 60.7 Å². The third kappa shape index (κ3) is 3.76. The molecule has 1 aliphatic rings. The van der Waals surface area contributed by atoms with Gasteiger partial charge in [-0.2, -0.15) is 0 Å². The zero-order chi connectivity index (χ0) is 16.9. The predicted octanol–water partition coefficient (Wildman–Crippen LogP) is 4.83. The highest BCUT2D eigenvalue weighted by atomic mass is 16.1. The van der Waals surface area contributed by atoms with Crippen molar-refractivity contribution in [3.63, 3.8) is 0 Å². The second-order valence-corrected chi connectivity index (χ2v) is 7.09. The van der Waals surface area contributed by atoms with Crippen molar-refractivity contribution in [2.75, 3.05) is 13.1 Å². The Labute approximate surface area is 145 Å². The minimum atomic E-state index is -0.0945. The van der Waals surface area contributed by atoms with Crippen molar-refractivity contribution in [3.8, 4) is 0 Å². The van der Waals surface area contributed by atoms with Crippen LogP contribution in [0.5, 0.6) is 0 Å². The first-order chi connectivity index (χ1) is 11.7. The first kappa shape index (κ1) is 16.9. The molecule has 0 amide bonds. The van der Waals surface area contributed by atoms with Crippen LogP contribution in [0.2, 0.25) is 0 Å². The number of likely N-dealkylation sites (tertiary alicyclic amines) is 1. The maximum absolute atomic E-state index is 12.9. The molecule has 0 saturated carbocycles. The molecular weight excluding hydrogens is 294 g/mol. The molecule has 2 aromatic rings. The summed E-state index contributed by atoms with van der Waals surface area (Å²) in [4.78, 5) is 15.2. The molecule has 1 unspecified atom stereocenters. The molecule has 1 saturated heterocycles. The van der Waals surface area contributed by atoms with Crippen molar-refractivity contribution in [1.29, 1.82) is 0 Å². The van der Waals surface area contributed by atoms with Crippen molar-refractivity contribution < 1.29 is 4.79 Å². The van der Waals surface area contributed by atoms with E-state index in [9.17, 15) is 4.79 Å². The Morgan fingerprint density at radius 1 is 0.917 bits per heavy atom. The van der Waals surface area contributed by atoms with E-state index in [4.69, 9.17) is 0 Å². The van der Waals surface area contributed by atoms with E-state index in [0.717, 1.165) is 31.5 Å². The van der Waals surface area contributed by atoms with Gasteiger partial charge in [0, 0.05) is 5.92 Å². The van der Waals surface area contributed by atoms with Crippen LogP contribution in [-0.4, -0.2) is 23.8 Å². The standard InChI is InChI=1S/C22H27NO/c1-17(2)22(24)21(20-11-7-4-8-12-20)23-15-13-19(14-16-23)18-9-5-3-6-10-18/h3-12,17,19,21H,13-16H2,1-2H3. The number of nitrogens with zero attached hydrogens (tertiary/aromatic N) is 1. The highest BCUT2D eigenvalue weighted by Crippen LogP contribution is 2.33. The molecule has 0 N–H and O–H groups in total. The molecule has 2 nitrogen and oxygen atoms in total. The molecule has 2 heteroatoms. The molecule has 3 rings (SSSR count). The minimum Gasteiger partial charge on any atom is -0.297 e. The van der Waals surface area contributed by atoms with Gasteiger partial charge in [-0.15, -0.1) is 0 Å². The van der Waals surface area contributed by atoms with Gasteiger partial charge in [-0.3, -0.25) is 9.69 Å². The lowest BCUT2D eigenvalue weighted by Gasteiger charge is -2.38. The van der Waals surface area contributed by atoms with E-state index in [-0.39, 0.29) is 12.0 Å². The first-order valence-corrected chi connectivity index (χ1v) is 9.04. The second kappa shape index (κ2) is 7.76. The molecule has 24 heavy (non-hydrogen) atoms. The molecule has 1 aliphatic heterocycles. The fourth-order valence-corrected chi connectivity index (χ4v) is 3.72. The average molecular weight is 321 g/mol. The van der Waals surface area contributed by atoms with Gasteiger partial charge in [-0.05, 0) is 43.0 Å². The molecule has 0 spiro atoms. The Morgan fingerprint density at radius 3 is 2.00 bits per heavy atom. The zero-order valence-corrected chi connectivity index (χ0v) is 14.7. The Balaban J connectivity index is 1.75. The van der Waals surface area contributed by atoms with Gasteiger partial charge in [0.15, 0.2) is 5.78 Å². The van der Waals surface area contributed by atoms with Crippen molar-refractivity contribution in [2.45, 2.75) is 38.6 Å². The number of benzene rings is 2. The quantitative estimate of drug-likeness (QED) is 0.786. The van der Waals surface area contributed by atoms with Crippen LogP contribution >= 0.6 is 0 Å². The number of rotatable bonds is 5. The first-order valence-electron chi connectivity index (χ1n) is 9.04. The molecule has 0 aliphatic carbocycles. The molecule has 1 atom stereocenters. The third-order valence-corrected chi connectivity index (χ3v) is 5.12. The number of piperidine rings is 1. The molecular formula is C22H27NO. The summed E-state index contributed by atoms with van der Waals surface area (Å²) in [5.74, 6) is 1.01. The Kier molecular flexibility index (Phi) is 5.47. The van der Waals surface area contributed by atoms with Crippen molar-refractivity contribution in [2.24, 2.45) is 5.92 Å². The molecule has 1 heterocycles. The lowest BCUT2D eigenvalue weighted by Crippen LogP contribution is -2.41. The molecule has 2 aromatic carbocycles. The van der Waals surface area contributed by atoms with Gasteiger partial charge >= 0.3 is 0 Å². The van der Waals surface area contributed by atoms with E-state index in [2.05, 4.69) is 47.4 Å². The molecule has 0 radical (unpaired) electrons. The number of hydrogen-bond donors (Lipinski definition) is 0. The number of carbonyl (C=O) groups is 1. The number of ketones is 1. The van der Waals surface area contributed by atoms with Gasteiger partial charge in [0.2, 0.25) is 0 Å². The van der Waals surface area contributed by atoms with Crippen LogP contribution < -0.4 is 0 Å². The van der Waals surface area contributed by atoms with Crippen molar-refractivity contribution in [1.82, 2.24) is 4.90 Å². The molecule has 126 valence electrons. The van der Waals surface area contributed by atoms with E-state index in [0.29, 0.717) is 11.7 Å². The van der Waals surface area contributed by atoms with Crippen LogP contribution in [0.1, 0.15) is 49.8 Å². The summed E-state index contributed by atoms with van der Waals surface area (Å²) in [6.45, 7) is 5.99. The zero-order valence-electron chi connectivity index (χ0n) is 14.7. The minimum absolute atomic E-state index is 0.0575. The number of carbonyl (C=O) groups excluding carboxylic acids is 1. The second-order valence-electron chi connectivity index (χ2n) is 7.09. The summed E-state index contributed by atoms with van der Waals surface area (Å²) >= 11 is 0. The summed E-state index contributed by atoms with van der Waals surface area (Å²) < 4.78 is 0. The summed E-state index contributed by atoms with van der Waals surface area (Å²) in [5.41, 5.74) is 2.57. The SMILES string of the molecule is CC(C)C(=O)C(c1ccccc1)N1CCC(c2ccccc2)CC1. The van der Waals surface area contributed by atoms with Crippen LogP contribution in [0.25, 0.3) is 0 Å². The maximum Gasteiger partial charge on any atom is 0.157 e. The number of hydrogen-bond acceptors (Lipinski definition) is 2. The average Bonchev–Trinajstić information content (AvgIpc) is 2.64. The lowest BCUT2D eigenvalue weighted by molar-refractivity contribution is -0.128. The molecule has 0 bridgehead atoms. The summed E-state index contributed by atoms with van der Waals surface area (Å²) in [6, 6.07) is 21.0. The van der Waals surface area contributed by atoms with E-state index >= 15 is 0 Å². The molecule has 1 fully saturated rings. The normalized spacial score (nSPS) is 17.8. The predicted molar refractivity (Wildman–Crippen MR) is 99.0 cm³/mol. The van der Waals surface area contributed by atoms with Crippen LogP contribution in [-0.2, 0) is 4.79 Å². The Morgan fingerprint density at radius 2 is 1.46 bits per heavy atom. The van der Waals surface area contributed by atoms with Gasteiger partial charge in [0.05, 0.1) is 6.04 Å². The van der Waals surface area contributed by atoms with E-state index < -0.39 is 0 Å². The topological polar surface area (TPSA) is 20.3 Å². The fourth-order valence-electron chi connectivity index (χ4n) is 3.72. The van der Waals surface area contributed by atoms with E-state index in [1.165, 1.54) is 5.56 Å². The van der Waals surface area contributed by atoms with Crippen molar-refractivity contribution >= 4 is 5.78 Å².